The van der Waals surface area contributed by atoms with Gasteiger partial charge in [-0.3, -0.25) is 0 Å². The Morgan fingerprint density at radius 1 is 1.53 bits per heavy atom. The van der Waals surface area contributed by atoms with Crippen LogP contribution in [-0.4, -0.2) is 24.8 Å². The van der Waals surface area contributed by atoms with Crippen molar-refractivity contribution < 1.29 is 23.8 Å². The first-order chi connectivity index (χ1) is 8.01. The lowest BCUT2D eigenvalue weighted by atomic mass is 10.1. The molecule has 17 heavy (non-hydrogen) atoms. The zero-order valence-corrected chi connectivity index (χ0v) is 9.99. The molecule has 1 unspecified atom stereocenters. The molecule has 0 radical (unpaired) electrons. The number of hydrogen-bond acceptors (Lipinski definition) is 4. The minimum absolute atomic E-state index is 0.0108. The molecule has 4 nitrogen and oxygen atoms in total. The fraction of sp³-hybridized carbons (Fsp3) is 0.417. The van der Waals surface area contributed by atoms with Crippen LogP contribution < -0.4 is 4.74 Å². The van der Waals surface area contributed by atoms with Crippen LogP contribution in [-0.2, 0) is 9.53 Å². The Kier molecular flexibility index (Phi) is 4.45. The largest absolute Gasteiger partial charge is 0.494 e. The Morgan fingerprint density at radius 3 is 2.71 bits per heavy atom. The number of aliphatic hydroxyl groups is 1. The zero-order valence-electron chi connectivity index (χ0n) is 9.99. The summed E-state index contributed by atoms with van der Waals surface area (Å²) in [5.41, 5.74) is 0.543. The van der Waals surface area contributed by atoms with Crippen LogP contribution in [0.4, 0.5) is 4.39 Å². The van der Waals surface area contributed by atoms with E-state index in [-0.39, 0.29) is 17.9 Å². The summed E-state index contributed by atoms with van der Waals surface area (Å²) in [4.78, 5) is 11.3. The van der Waals surface area contributed by atoms with Crippen molar-refractivity contribution in [2.75, 3.05) is 13.7 Å². The summed E-state index contributed by atoms with van der Waals surface area (Å²) in [7, 11) is 1.32. The molecule has 1 aromatic rings. The smallest absolute Gasteiger partial charge is 0.339 e. The maximum Gasteiger partial charge on any atom is 0.339 e. The summed E-state index contributed by atoms with van der Waals surface area (Å²) in [6.07, 6.45) is -1.43. The van der Waals surface area contributed by atoms with E-state index in [1.54, 1.807) is 6.92 Å². The fourth-order valence-electron chi connectivity index (χ4n) is 1.43. The van der Waals surface area contributed by atoms with Crippen molar-refractivity contribution in [3.05, 3.63) is 29.1 Å². The van der Waals surface area contributed by atoms with Gasteiger partial charge in [0.15, 0.2) is 17.7 Å². The van der Waals surface area contributed by atoms with E-state index in [9.17, 15) is 14.3 Å². The van der Waals surface area contributed by atoms with Gasteiger partial charge in [-0.2, -0.15) is 0 Å². The number of carbonyl (C=O) groups is 1. The van der Waals surface area contributed by atoms with Gasteiger partial charge in [0, 0.05) is 0 Å². The number of methoxy groups -OCH3 is 1. The number of benzene rings is 1. The topological polar surface area (TPSA) is 55.8 Å². The third-order valence-electron chi connectivity index (χ3n) is 2.29. The number of halogens is 1. The molecule has 5 heteroatoms. The van der Waals surface area contributed by atoms with Gasteiger partial charge >= 0.3 is 5.97 Å². The molecule has 1 atom stereocenters. The Labute approximate surface area is 99.0 Å². The van der Waals surface area contributed by atoms with Crippen molar-refractivity contribution in [3.63, 3.8) is 0 Å². The molecule has 0 aromatic heterocycles. The molecule has 1 rings (SSSR count). The lowest BCUT2D eigenvalue weighted by molar-refractivity contribution is -0.153. The van der Waals surface area contributed by atoms with Crippen LogP contribution in [0.25, 0.3) is 0 Å². The van der Waals surface area contributed by atoms with Crippen LogP contribution in [0.3, 0.4) is 0 Å². The molecule has 94 valence electrons. The molecule has 0 aliphatic carbocycles. The van der Waals surface area contributed by atoms with Gasteiger partial charge in [0.25, 0.3) is 0 Å². The van der Waals surface area contributed by atoms with Crippen LogP contribution in [0, 0.1) is 12.7 Å². The highest BCUT2D eigenvalue weighted by atomic mass is 19.1. The SMILES string of the molecule is CCOC(=O)C(O)c1cc(C)c(F)c(OC)c1. The maximum absolute atomic E-state index is 13.5. The molecule has 0 aliphatic heterocycles. The Hall–Kier alpha value is -1.62. The van der Waals surface area contributed by atoms with Crippen LogP contribution in [0.1, 0.15) is 24.2 Å². The van der Waals surface area contributed by atoms with E-state index in [0.29, 0.717) is 5.56 Å². The quantitative estimate of drug-likeness (QED) is 0.817. The first-order valence-corrected chi connectivity index (χ1v) is 5.20. The maximum atomic E-state index is 13.5. The molecular formula is C12H15FO4. The second-order valence-electron chi connectivity index (χ2n) is 3.51. The predicted octanol–water partition coefficient (Wildman–Crippen LogP) is 1.74. The standard InChI is InChI=1S/C12H15FO4/c1-4-17-12(15)11(14)8-5-7(2)10(13)9(6-8)16-3/h5-6,11,14H,4H2,1-3H3. The van der Waals surface area contributed by atoms with E-state index in [0.717, 1.165) is 0 Å². The van der Waals surface area contributed by atoms with E-state index < -0.39 is 17.9 Å². The first kappa shape index (κ1) is 13.4. The average molecular weight is 242 g/mol. The average Bonchev–Trinajstić information content (AvgIpc) is 2.31. The third-order valence-corrected chi connectivity index (χ3v) is 2.29. The lowest BCUT2D eigenvalue weighted by Gasteiger charge is -2.13. The summed E-state index contributed by atoms with van der Waals surface area (Å²) < 4.78 is 23.0. The van der Waals surface area contributed by atoms with E-state index in [1.165, 1.54) is 26.2 Å². The van der Waals surface area contributed by atoms with Crippen LogP contribution in [0.5, 0.6) is 5.75 Å². The third kappa shape index (κ3) is 2.94. The van der Waals surface area contributed by atoms with E-state index in [1.807, 2.05) is 0 Å². The second kappa shape index (κ2) is 5.63. The van der Waals surface area contributed by atoms with E-state index in [2.05, 4.69) is 4.74 Å². The molecule has 0 bridgehead atoms. The van der Waals surface area contributed by atoms with Crippen LogP contribution in [0.15, 0.2) is 12.1 Å². The summed E-state index contributed by atoms with van der Waals surface area (Å²) in [6.45, 7) is 3.34. The highest BCUT2D eigenvalue weighted by Gasteiger charge is 2.21. The van der Waals surface area contributed by atoms with Gasteiger partial charge in [-0.25, -0.2) is 9.18 Å². The van der Waals surface area contributed by atoms with Crippen LogP contribution >= 0.6 is 0 Å². The van der Waals surface area contributed by atoms with Crippen molar-refractivity contribution in [1.29, 1.82) is 0 Å². The normalized spacial score (nSPS) is 12.1. The summed E-state index contributed by atoms with van der Waals surface area (Å²) in [5.74, 6) is -1.28. The highest BCUT2D eigenvalue weighted by molar-refractivity contribution is 5.76. The summed E-state index contributed by atoms with van der Waals surface area (Å²) in [6, 6.07) is 2.67. The van der Waals surface area contributed by atoms with Gasteiger partial charge in [0.05, 0.1) is 13.7 Å². The number of aliphatic hydroxyl groups excluding tert-OH is 1. The minimum atomic E-state index is -1.43. The molecule has 0 saturated carbocycles. The Bertz CT molecular complexity index is 417. The van der Waals surface area contributed by atoms with Crippen molar-refractivity contribution in [1.82, 2.24) is 0 Å². The molecule has 1 aromatic carbocycles. The predicted molar refractivity (Wildman–Crippen MR) is 59.3 cm³/mol. The number of hydrogen-bond donors (Lipinski definition) is 1. The van der Waals surface area contributed by atoms with Gasteiger partial charge in [-0.15, -0.1) is 0 Å². The van der Waals surface area contributed by atoms with Crippen molar-refractivity contribution in [2.24, 2.45) is 0 Å². The number of aryl methyl sites for hydroxylation is 1. The molecular weight excluding hydrogens is 227 g/mol. The summed E-state index contributed by atoms with van der Waals surface area (Å²) >= 11 is 0. The number of carbonyl (C=O) groups excluding carboxylic acids is 1. The van der Waals surface area contributed by atoms with Crippen LogP contribution in [0.2, 0.25) is 0 Å². The van der Waals surface area contributed by atoms with E-state index in [4.69, 9.17) is 4.74 Å². The van der Waals surface area contributed by atoms with Crippen molar-refractivity contribution in [2.45, 2.75) is 20.0 Å². The Balaban J connectivity index is 3.06. The molecule has 1 N–H and O–H groups in total. The second-order valence-corrected chi connectivity index (χ2v) is 3.51. The number of ether oxygens (including phenoxy) is 2. The summed E-state index contributed by atoms with van der Waals surface area (Å²) in [5, 5.41) is 9.70. The molecule has 0 saturated heterocycles. The van der Waals surface area contributed by atoms with E-state index >= 15 is 0 Å². The van der Waals surface area contributed by atoms with Gasteiger partial charge < -0.3 is 14.6 Å². The van der Waals surface area contributed by atoms with Gasteiger partial charge in [-0.05, 0) is 37.1 Å². The highest BCUT2D eigenvalue weighted by Crippen LogP contribution is 2.26. The van der Waals surface area contributed by atoms with Crippen molar-refractivity contribution in [3.8, 4) is 5.75 Å². The van der Waals surface area contributed by atoms with Gasteiger partial charge in [0.1, 0.15) is 0 Å². The molecule has 0 spiro atoms. The number of esters is 1. The lowest BCUT2D eigenvalue weighted by Crippen LogP contribution is -2.15. The number of rotatable bonds is 4. The fourth-order valence-corrected chi connectivity index (χ4v) is 1.43. The molecule has 0 amide bonds. The first-order valence-electron chi connectivity index (χ1n) is 5.20. The van der Waals surface area contributed by atoms with Gasteiger partial charge in [-0.1, -0.05) is 0 Å². The molecule has 0 heterocycles. The minimum Gasteiger partial charge on any atom is -0.494 e. The monoisotopic (exact) mass is 242 g/mol. The van der Waals surface area contributed by atoms with Crippen molar-refractivity contribution >= 4 is 5.97 Å². The molecule has 0 aliphatic rings. The molecule has 0 fully saturated rings. The van der Waals surface area contributed by atoms with Gasteiger partial charge in [0.2, 0.25) is 0 Å². The Morgan fingerprint density at radius 2 is 2.18 bits per heavy atom. The zero-order chi connectivity index (χ0) is 13.0.